The smallest absolute Gasteiger partial charge is 0.180 e. The predicted octanol–water partition coefficient (Wildman–Crippen LogP) is 0.927. The van der Waals surface area contributed by atoms with E-state index in [1.165, 1.54) is 22.2 Å². The number of tetrazole rings is 1. The first-order valence-electron chi connectivity index (χ1n) is 7.67. The highest BCUT2D eigenvalue weighted by atomic mass is 15.5. The van der Waals surface area contributed by atoms with Crippen LogP contribution in [0.15, 0.2) is 54.8 Å². The quantitative estimate of drug-likeness (QED) is 0.546. The Morgan fingerprint density at radius 2 is 2.25 bits per heavy atom. The van der Waals surface area contributed by atoms with Crippen LogP contribution in [0.3, 0.4) is 0 Å². The number of aromatic nitrogens is 4. The molecular weight excluding hydrogens is 300 g/mol. The van der Waals surface area contributed by atoms with Crippen LogP contribution in [-0.4, -0.2) is 33.4 Å². The van der Waals surface area contributed by atoms with Gasteiger partial charge >= 0.3 is 0 Å². The third-order valence-electron chi connectivity index (χ3n) is 3.68. The molecule has 1 heterocycles. The third-order valence-corrected chi connectivity index (χ3v) is 3.68. The van der Waals surface area contributed by atoms with Gasteiger partial charge in [0.1, 0.15) is 0 Å². The Morgan fingerprint density at radius 1 is 1.33 bits per heavy atom. The molecule has 0 amide bonds. The van der Waals surface area contributed by atoms with E-state index < -0.39 is 0 Å². The van der Waals surface area contributed by atoms with Gasteiger partial charge in [-0.2, -0.15) is 0 Å². The average Bonchev–Trinajstić information content (AvgIpc) is 3.07. The number of allylic oxidation sites excluding steroid dienone is 5. The summed E-state index contributed by atoms with van der Waals surface area (Å²) in [5.41, 5.74) is 2.10. The first-order valence-corrected chi connectivity index (χ1v) is 7.67. The zero-order valence-corrected chi connectivity index (χ0v) is 13.1. The van der Waals surface area contributed by atoms with Crippen molar-refractivity contribution in [2.24, 2.45) is 0 Å². The minimum absolute atomic E-state index is 0.556. The second-order valence-electron chi connectivity index (χ2n) is 5.25. The molecule has 6 heteroatoms. The van der Waals surface area contributed by atoms with Crippen molar-refractivity contribution in [3.05, 3.63) is 71.0 Å². The van der Waals surface area contributed by atoms with Crippen molar-refractivity contribution in [3.8, 4) is 0 Å². The highest BCUT2D eigenvalue weighted by Crippen LogP contribution is 2.08. The SMILES string of the molecule is N=C/C=C\C(=C/NCC1=c2ccccc2=CC=CC1)c1nnn[nH]1. The van der Waals surface area contributed by atoms with Gasteiger partial charge in [-0.15, -0.1) is 5.10 Å². The van der Waals surface area contributed by atoms with Gasteiger partial charge in [0.2, 0.25) is 0 Å². The number of benzene rings is 1. The zero-order chi connectivity index (χ0) is 16.6. The minimum atomic E-state index is 0.556. The molecule has 3 N–H and O–H groups in total. The van der Waals surface area contributed by atoms with Gasteiger partial charge in [-0.3, -0.25) is 0 Å². The van der Waals surface area contributed by atoms with E-state index in [4.69, 9.17) is 5.41 Å². The van der Waals surface area contributed by atoms with Crippen LogP contribution in [-0.2, 0) is 0 Å². The van der Waals surface area contributed by atoms with E-state index in [-0.39, 0.29) is 0 Å². The fraction of sp³-hybridized carbons (Fsp3) is 0.111. The standard InChI is InChI=1S/C18H18N6/c19-11-5-9-16(18-21-23-24-22-18)13-20-12-15-8-2-1-6-14-7-3-4-10-17(14)15/h1-7,9-11,13,19-20H,8,12H2,(H,21,22,23,24)/b9-5-,16-13+,19-11?. The summed E-state index contributed by atoms with van der Waals surface area (Å²) in [5, 5.41) is 26.8. The maximum absolute atomic E-state index is 7.13. The summed E-state index contributed by atoms with van der Waals surface area (Å²) in [4.78, 5) is 0. The zero-order valence-electron chi connectivity index (χ0n) is 13.1. The third kappa shape index (κ3) is 3.73. The molecule has 2 aromatic rings. The van der Waals surface area contributed by atoms with Gasteiger partial charge < -0.3 is 10.7 Å². The van der Waals surface area contributed by atoms with Crippen molar-refractivity contribution in [3.63, 3.8) is 0 Å². The second-order valence-corrected chi connectivity index (χ2v) is 5.25. The summed E-state index contributed by atoms with van der Waals surface area (Å²) in [6.07, 6.45) is 13.8. The van der Waals surface area contributed by atoms with E-state index in [2.05, 4.69) is 68.4 Å². The van der Waals surface area contributed by atoms with Gasteiger partial charge in [0.25, 0.3) is 0 Å². The van der Waals surface area contributed by atoms with Gasteiger partial charge in [-0.1, -0.05) is 42.5 Å². The Morgan fingerprint density at radius 3 is 3.08 bits per heavy atom. The molecule has 0 atom stereocenters. The number of fused-ring (bicyclic) bond motifs is 1. The Hall–Kier alpha value is -3.28. The predicted molar refractivity (Wildman–Crippen MR) is 95.4 cm³/mol. The maximum atomic E-state index is 7.13. The Labute approximate surface area is 139 Å². The van der Waals surface area contributed by atoms with Gasteiger partial charge in [-0.05, 0) is 45.0 Å². The lowest BCUT2D eigenvalue weighted by Crippen LogP contribution is -2.28. The largest absolute Gasteiger partial charge is 0.387 e. The number of rotatable bonds is 6. The molecule has 0 radical (unpaired) electrons. The topological polar surface area (TPSA) is 90.3 Å². The summed E-state index contributed by atoms with van der Waals surface area (Å²) in [6, 6.07) is 8.39. The number of H-pyrrole nitrogens is 1. The molecule has 0 fully saturated rings. The number of hydrogen-bond donors (Lipinski definition) is 3. The number of hydrogen-bond acceptors (Lipinski definition) is 5. The molecule has 1 aromatic heterocycles. The molecule has 0 saturated heterocycles. The van der Waals surface area contributed by atoms with Crippen molar-refractivity contribution in [2.75, 3.05) is 6.54 Å². The molecule has 0 spiro atoms. The van der Waals surface area contributed by atoms with Gasteiger partial charge in [0, 0.05) is 24.5 Å². The Bertz CT molecular complexity index is 903. The summed E-state index contributed by atoms with van der Waals surface area (Å²) in [6.45, 7) is 0.721. The molecule has 120 valence electrons. The summed E-state index contributed by atoms with van der Waals surface area (Å²) in [5.74, 6) is 0.556. The highest BCUT2D eigenvalue weighted by molar-refractivity contribution is 5.77. The lowest BCUT2D eigenvalue weighted by molar-refractivity contribution is 0.881. The van der Waals surface area contributed by atoms with E-state index in [9.17, 15) is 0 Å². The molecule has 0 unspecified atom stereocenters. The summed E-state index contributed by atoms with van der Waals surface area (Å²) in [7, 11) is 0. The van der Waals surface area contributed by atoms with Crippen molar-refractivity contribution in [1.29, 1.82) is 5.41 Å². The van der Waals surface area contributed by atoms with Crippen LogP contribution in [0, 0.1) is 5.41 Å². The molecule has 24 heavy (non-hydrogen) atoms. The van der Waals surface area contributed by atoms with E-state index in [1.807, 2.05) is 6.20 Å². The fourth-order valence-electron chi connectivity index (χ4n) is 2.54. The monoisotopic (exact) mass is 318 g/mol. The van der Waals surface area contributed by atoms with Crippen LogP contribution < -0.4 is 15.8 Å². The number of nitrogens with one attached hydrogen (secondary N) is 3. The van der Waals surface area contributed by atoms with Crippen molar-refractivity contribution in [2.45, 2.75) is 6.42 Å². The molecule has 1 aliphatic rings. The van der Waals surface area contributed by atoms with Gasteiger partial charge in [0.15, 0.2) is 5.82 Å². The highest BCUT2D eigenvalue weighted by Gasteiger charge is 2.03. The lowest BCUT2D eigenvalue weighted by Gasteiger charge is -2.06. The van der Waals surface area contributed by atoms with E-state index in [0.29, 0.717) is 5.82 Å². The molecule has 0 aliphatic heterocycles. The van der Waals surface area contributed by atoms with Crippen LogP contribution in [0.4, 0.5) is 0 Å². The first-order chi connectivity index (χ1) is 11.9. The molecule has 0 bridgehead atoms. The van der Waals surface area contributed by atoms with Crippen molar-refractivity contribution >= 4 is 23.4 Å². The Kier molecular flexibility index (Phi) is 5.09. The fourth-order valence-corrected chi connectivity index (χ4v) is 2.54. The van der Waals surface area contributed by atoms with Crippen LogP contribution in [0.5, 0.6) is 0 Å². The van der Waals surface area contributed by atoms with E-state index in [0.717, 1.165) is 18.5 Å². The van der Waals surface area contributed by atoms with Gasteiger partial charge in [-0.25, -0.2) is 5.10 Å². The van der Waals surface area contributed by atoms with Crippen LogP contribution in [0.1, 0.15) is 12.2 Å². The lowest BCUT2D eigenvalue weighted by atomic mass is 10.1. The van der Waals surface area contributed by atoms with Crippen molar-refractivity contribution < 1.29 is 0 Å². The van der Waals surface area contributed by atoms with Crippen LogP contribution in [0.2, 0.25) is 0 Å². The molecule has 1 aliphatic carbocycles. The average molecular weight is 318 g/mol. The second kappa shape index (κ2) is 7.82. The van der Waals surface area contributed by atoms with Crippen molar-refractivity contribution in [1.82, 2.24) is 25.9 Å². The van der Waals surface area contributed by atoms with Gasteiger partial charge in [0.05, 0.1) is 0 Å². The Balaban J connectivity index is 1.84. The van der Waals surface area contributed by atoms with Crippen LogP contribution in [0.25, 0.3) is 17.2 Å². The molecule has 0 saturated carbocycles. The first kappa shape index (κ1) is 15.6. The summed E-state index contributed by atoms with van der Waals surface area (Å²) >= 11 is 0. The number of nitrogens with zero attached hydrogens (tertiary/aromatic N) is 3. The minimum Gasteiger partial charge on any atom is -0.387 e. The normalized spacial score (nSPS) is 14.2. The van der Waals surface area contributed by atoms with E-state index >= 15 is 0 Å². The molecule has 3 rings (SSSR count). The molecule has 1 aromatic carbocycles. The van der Waals surface area contributed by atoms with E-state index in [1.54, 1.807) is 12.2 Å². The maximum Gasteiger partial charge on any atom is 0.180 e. The molecular formula is C18H18N6. The van der Waals surface area contributed by atoms with Crippen LogP contribution >= 0.6 is 0 Å². The molecule has 6 nitrogen and oxygen atoms in total. The summed E-state index contributed by atoms with van der Waals surface area (Å²) < 4.78 is 0. The number of aromatic amines is 1.